The maximum atomic E-state index is 12.1. The predicted octanol–water partition coefficient (Wildman–Crippen LogP) is 1.25. The van der Waals surface area contributed by atoms with Crippen molar-refractivity contribution in [2.45, 2.75) is 45.1 Å². The van der Waals surface area contributed by atoms with Crippen molar-refractivity contribution in [1.82, 2.24) is 4.90 Å². The zero-order valence-corrected chi connectivity index (χ0v) is 9.03. The molecule has 1 atom stereocenters. The van der Waals surface area contributed by atoms with Crippen molar-refractivity contribution in [2.75, 3.05) is 6.54 Å². The van der Waals surface area contributed by atoms with E-state index in [1.54, 1.807) is 0 Å². The quantitative estimate of drug-likeness (QED) is 0.748. The molecule has 1 aliphatic carbocycles. The molecule has 1 aliphatic heterocycles. The summed E-state index contributed by atoms with van der Waals surface area (Å²) in [6.07, 6.45) is 4.61. The molecule has 1 heterocycles. The van der Waals surface area contributed by atoms with Crippen LogP contribution in [-0.4, -0.2) is 34.5 Å². The average Bonchev–Trinajstić information content (AvgIpc) is 2.50. The maximum Gasteiger partial charge on any atom is 0.326 e. The Bertz CT molecular complexity index is 294. The van der Waals surface area contributed by atoms with E-state index in [0.29, 0.717) is 13.0 Å². The SMILES string of the molecule is CC1(C(=O)N2CCC2C(=O)O)CCCC1. The van der Waals surface area contributed by atoms with Crippen LogP contribution < -0.4 is 0 Å². The lowest BCUT2D eigenvalue weighted by molar-refractivity contribution is -0.162. The Kier molecular flexibility index (Phi) is 2.44. The van der Waals surface area contributed by atoms with Crippen LogP contribution in [0.15, 0.2) is 0 Å². The monoisotopic (exact) mass is 211 g/mol. The first kappa shape index (κ1) is 10.5. The van der Waals surface area contributed by atoms with Crippen molar-refractivity contribution >= 4 is 11.9 Å². The van der Waals surface area contributed by atoms with Crippen LogP contribution in [0.25, 0.3) is 0 Å². The lowest BCUT2D eigenvalue weighted by Crippen LogP contribution is -2.58. The van der Waals surface area contributed by atoms with Gasteiger partial charge in [-0.15, -0.1) is 0 Å². The Labute approximate surface area is 89.3 Å². The van der Waals surface area contributed by atoms with Crippen LogP contribution in [0.1, 0.15) is 39.0 Å². The Morgan fingerprint density at radius 3 is 2.33 bits per heavy atom. The van der Waals surface area contributed by atoms with Gasteiger partial charge in [0.25, 0.3) is 0 Å². The smallest absolute Gasteiger partial charge is 0.326 e. The Balaban J connectivity index is 2.05. The molecule has 2 aliphatic rings. The number of carbonyl (C=O) groups excluding carboxylic acids is 1. The number of carboxylic acid groups (broad SMARTS) is 1. The van der Waals surface area contributed by atoms with Gasteiger partial charge in [-0.3, -0.25) is 4.79 Å². The standard InChI is InChI=1S/C11H17NO3/c1-11(5-2-3-6-11)10(15)12-7-4-8(12)9(13)14/h8H,2-7H2,1H3,(H,13,14). The molecule has 1 saturated carbocycles. The lowest BCUT2D eigenvalue weighted by Gasteiger charge is -2.42. The molecule has 1 saturated heterocycles. The van der Waals surface area contributed by atoms with Gasteiger partial charge in [0, 0.05) is 12.0 Å². The minimum atomic E-state index is -0.865. The van der Waals surface area contributed by atoms with E-state index in [4.69, 9.17) is 5.11 Å². The summed E-state index contributed by atoms with van der Waals surface area (Å²) in [5.74, 6) is -0.810. The molecule has 2 rings (SSSR count). The van der Waals surface area contributed by atoms with Gasteiger partial charge in [-0.2, -0.15) is 0 Å². The van der Waals surface area contributed by atoms with Gasteiger partial charge in [0.1, 0.15) is 6.04 Å². The molecule has 2 fully saturated rings. The van der Waals surface area contributed by atoms with E-state index in [1.807, 2.05) is 6.92 Å². The highest BCUT2D eigenvalue weighted by molar-refractivity contribution is 5.89. The zero-order chi connectivity index (χ0) is 11.1. The number of carbonyl (C=O) groups is 2. The van der Waals surface area contributed by atoms with E-state index >= 15 is 0 Å². The fraction of sp³-hybridized carbons (Fsp3) is 0.818. The van der Waals surface area contributed by atoms with Crippen LogP contribution in [0.2, 0.25) is 0 Å². The number of hydrogen-bond acceptors (Lipinski definition) is 2. The zero-order valence-electron chi connectivity index (χ0n) is 9.03. The number of nitrogens with zero attached hydrogens (tertiary/aromatic N) is 1. The maximum absolute atomic E-state index is 12.1. The second-order valence-corrected chi connectivity index (χ2v) is 4.91. The molecule has 84 valence electrons. The van der Waals surface area contributed by atoms with Gasteiger partial charge in [0.15, 0.2) is 0 Å². The van der Waals surface area contributed by atoms with Gasteiger partial charge in [-0.25, -0.2) is 4.79 Å². The molecule has 15 heavy (non-hydrogen) atoms. The van der Waals surface area contributed by atoms with E-state index in [9.17, 15) is 9.59 Å². The summed E-state index contributed by atoms with van der Waals surface area (Å²) < 4.78 is 0. The second-order valence-electron chi connectivity index (χ2n) is 4.91. The highest BCUT2D eigenvalue weighted by Gasteiger charge is 2.46. The van der Waals surface area contributed by atoms with Crippen LogP contribution in [-0.2, 0) is 9.59 Å². The van der Waals surface area contributed by atoms with Crippen LogP contribution in [0.3, 0.4) is 0 Å². The van der Waals surface area contributed by atoms with Gasteiger partial charge in [-0.1, -0.05) is 19.8 Å². The number of hydrogen-bond donors (Lipinski definition) is 1. The topological polar surface area (TPSA) is 57.6 Å². The highest BCUT2D eigenvalue weighted by Crippen LogP contribution is 2.40. The average molecular weight is 211 g/mol. The molecule has 0 aromatic carbocycles. The van der Waals surface area contributed by atoms with Gasteiger partial charge in [-0.05, 0) is 19.3 Å². The fourth-order valence-electron chi connectivity index (χ4n) is 2.60. The molecule has 0 spiro atoms. The first-order chi connectivity index (χ1) is 7.04. The summed E-state index contributed by atoms with van der Waals surface area (Å²) in [7, 11) is 0. The van der Waals surface area contributed by atoms with Crippen molar-refractivity contribution in [3.63, 3.8) is 0 Å². The highest BCUT2D eigenvalue weighted by atomic mass is 16.4. The van der Waals surface area contributed by atoms with Crippen molar-refractivity contribution in [2.24, 2.45) is 5.41 Å². The van der Waals surface area contributed by atoms with Gasteiger partial charge in [0.05, 0.1) is 0 Å². The predicted molar refractivity (Wildman–Crippen MR) is 54.3 cm³/mol. The van der Waals surface area contributed by atoms with E-state index in [-0.39, 0.29) is 11.3 Å². The number of aliphatic carboxylic acids is 1. The first-order valence-corrected chi connectivity index (χ1v) is 5.58. The Hall–Kier alpha value is -1.06. The van der Waals surface area contributed by atoms with Crippen molar-refractivity contribution in [3.05, 3.63) is 0 Å². The van der Waals surface area contributed by atoms with Crippen LogP contribution in [0, 0.1) is 5.41 Å². The molecular formula is C11H17NO3. The summed E-state index contributed by atoms with van der Waals surface area (Å²) in [5.41, 5.74) is -0.284. The summed E-state index contributed by atoms with van der Waals surface area (Å²) in [4.78, 5) is 24.5. The molecule has 0 aromatic heterocycles. The van der Waals surface area contributed by atoms with E-state index in [2.05, 4.69) is 0 Å². The van der Waals surface area contributed by atoms with Gasteiger partial charge >= 0.3 is 5.97 Å². The number of rotatable bonds is 2. The molecular weight excluding hydrogens is 194 g/mol. The normalized spacial score (nSPS) is 28.6. The third kappa shape index (κ3) is 1.62. The van der Waals surface area contributed by atoms with E-state index in [0.717, 1.165) is 25.7 Å². The molecule has 4 heteroatoms. The Morgan fingerprint density at radius 1 is 1.33 bits per heavy atom. The summed E-state index contributed by atoms with van der Waals surface area (Å²) in [6.45, 7) is 2.59. The first-order valence-electron chi connectivity index (χ1n) is 5.58. The van der Waals surface area contributed by atoms with Gasteiger partial charge < -0.3 is 10.0 Å². The molecule has 1 amide bonds. The third-order valence-corrected chi connectivity index (χ3v) is 3.79. The summed E-state index contributed by atoms with van der Waals surface area (Å²) in [6, 6.07) is -0.560. The van der Waals surface area contributed by atoms with Gasteiger partial charge in [0.2, 0.25) is 5.91 Å². The molecule has 4 nitrogen and oxygen atoms in total. The molecule has 0 bridgehead atoms. The molecule has 1 unspecified atom stereocenters. The Morgan fingerprint density at radius 2 is 1.93 bits per heavy atom. The summed E-state index contributed by atoms with van der Waals surface area (Å²) in [5, 5.41) is 8.89. The number of amides is 1. The molecule has 1 N–H and O–H groups in total. The fourth-order valence-corrected chi connectivity index (χ4v) is 2.60. The number of likely N-dealkylation sites (tertiary alicyclic amines) is 1. The van der Waals surface area contributed by atoms with Crippen molar-refractivity contribution in [3.8, 4) is 0 Å². The van der Waals surface area contributed by atoms with E-state index < -0.39 is 12.0 Å². The van der Waals surface area contributed by atoms with Crippen LogP contribution in [0.5, 0.6) is 0 Å². The minimum Gasteiger partial charge on any atom is -0.480 e. The minimum absolute atomic E-state index is 0.0543. The molecule has 0 aromatic rings. The lowest BCUT2D eigenvalue weighted by atomic mass is 9.85. The van der Waals surface area contributed by atoms with E-state index in [1.165, 1.54) is 4.90 Å². The molecule has 0 radical (unpaired) electrons. The van der Waals surface area contributed by atoms with Crippen LogP contribution >= 0.6 is 0 Å². The summed E-state index contributed by atoms with van der Waals surface area (Å²) >= 11 is 0. The van der Waals surface area contributed by atoms with Crippen molar-refractivity contribution in [1.29, 1.82) is 0 Å². The number of carboxylic acids is 1. The van der Waals surface area contributed by atoms with Crippen molar-refractivity contribution < 1.29 is 14.7 Å². The van der Waals surface area contributed by atoms with Crippen LogP contribution in [0.4, 0.5) is 0 Å². The third-order valence-electron chi connectivity index (χ3n) is 3.79. The second kappa shape index (κ2) is 3.51. The largest absolute Gasteiger partial charge is 0.480 e.